The molecule has 0 saturated heterocycles. The molecule has 0 fully saturated rings. The molecule has 1 aromatic carbocycles. The van der Waals surface area contributed by atoms with Gasteiger partial charge in [-0.3, -0.25) is 23.9 Å². The molecule has 1 amide bonds. The van der Waals surface area contributed by atoms with Crippen molar-refractivity contribution in [2.45, 2.75) is 47.1 Å². The number of nitrogens with one attached hydrogen (secondary N) is 1. The Hall–Kier alpha value is -3.56. The molecular formula is C23H32N4O6. The second-order valence-corrected chi connectivity index (χ2v) is 8.11. The molecule has 180 valence electrons. The number of rotatable bonds is 11. The minimum absolute atomic E-state index is 0.00755. The molecular weight excluding hydrogens is 428 g/mol. The average molecular weight is 461 g/mol. The maximum Gasteiger partial charge on any atom is 0.330 e. The zero-order chi connectivity index (χ0) is 24.7. The number of ketones is 1. The van der Waals surface area contributed by atoms with Crippen LogP contribution in [0.4, 0.5) is 11.5 Å². The predicted molar refractivity (Wildman–Crippen MR) is 126 cm³/mol. The SMILES string of the molecule is CCCCn1c(N)c(N(CC(C)C)C(=O)COc2ccc(C(C)=O)cc2OC)c(=O)[nH]c1=O. The van der Waals surface area contributed by atoms with Gasteiger partial charge in [0.05, 0.1) is 7.11 Å². The van der Waals surface area contributed by atoms with Crippen molar-refractivity contribution in [1.29, 1.82) is 0 Å². The zero-order valence-corrected chi connectivity index (χ0v) is 19.8. The lowest BCUT2D eigenvalue weighted by Gasteiger charge is -2.26. The Balaban J connectivity index is 2.38. The molecule has 2 rings (SSSR count). The lowest BCUT2D eigenvalue weighted by atomic mass is 10.1. The number of unbranched alkanes of at least 4 members (excludes halogenated alkanes) is 1. The first-order chi connectivity index (χ1) is 15.6. The lowest BCUT2D eigenvalue weighted by molar-refractivity contribution is -0.120. The van der Waals surface area contributed by atoms with Crippen LogP contribution in [-0.4, -0.2) is 41.5 Å². The second kappa shape index (κ2) is 11.3. The van der Waals surface area contributed by atoms with Crippen molar-refractivity contribution in [2.24, 2.45) is 5.92 Å². The maximum atomic E-state index is 13.2. The van der Waals surface area contributed by atoms with Crippen LogP contribution in [0, 0.1) is 5.92 Å². The molecule has 0 spiro atoms. The molecule has 1 aromatic heterocycles. The lowest BCUT2D eigenvalue weighted by Crippen LogP contribution is -2.44. The van der Waals surface area contributed by atoms with Gasteiger partial charge in [0.25, 0.3) is 11.5 Å². The van der Waals surface area contributed by atoms with Crippen molar-refractivity contribution >= 4 is 23.2 Å². The fourth-order valence-electron chi connectivity index (χ4n) is 3.28. The van der Waals surface area contributed by atoms with E-state index in [-0.39, 0.29) is 35.5 Å². The molecule has 2 aromatic rings. The number of carbonyl (C=O) groups excluding carboxylic acids is 2. The first kappa shape index (κ1) is 25.7. The molecule has 3 N–H and O–H groups in total. The van der Waals surface area contributed by atoms with Crippen LogP contribution >= 0.6 is 0 Å². The number of carbonyl (C=O) groups is 2. The van der Waals surface area contributed by atoms with Crippen molar-refractivity contribution in [1.82, 2.24) is 9.55 Å². The van der Waals surface area contributed by atoms with Gasteiger partial charge < -0.3 is 20.1 Å². The molecule has 0 atom stereocenters. The van der Waals surface area contributed by atoms with E-state index >= 15 is 0 Å². The number of nitrogens with two attached hydrogens (primary N) is 1. The molecule has 0 aliphatic carbocycles. The van der Waals surface area contributed by atoms with Gasteiger partial charge in [-0.1, -0.05) is 27.2 Å². The van der Waals surface area contributed by atoms with E-state index in [1.165, 1.54) is 29.6 Å². The molecule has 0 unspecified atom stereocenters. The minimum atomic E-state index is -0.734. The summed E-state index contributed by atoms with van der Waals surface area (Å²) in [6.07, 6.45) is 1.51. The van der Waals surface area contributed by atoms with Crippen LogP contribution in [0.1, 0.15) is 50.9 Å². The van der Waals surface area contributed by atoms with E-state index in [0.717, 1.165) is 6.42 Å². The highest BCUT2D eigenvalue weighted by atomic mass is 16.5. The molecule has 0 aliphatic heterocycles. The van der Waals surface area contributed by atoms with Crippen LogP contribution < -0.4 is 31.4 Å². The molecule has 10 heteroatoms. The molecule has 0 radical (unpaired) electrons. The minimum Gasteiger partial charge on any atom is -0.493 e. The number of aromatic amines is 1. The van der Waals surface area contributed by atoms with Gasteiger partial charge in [-0.2, -0.15) is 0 Å². The fraction of sp³-hybridized carbons (Fsp3) is 0.478. The molecule has 0 saturated carbocycles. The van der Waals surface area contributed by atoms with E-state index in [9.17, 15) is 19.2 Å². The van der Waals surface area contributed by atoms with E-state index in [2.05, 4.69) is 4.98 Å². The van der Waals surface area contributed by atoms with E-state index in [4.69, 9.17) is 15.2 Å². The molecule has 1 heterocycles. The van der Waals surface area contributed by atoms with Crippen LogP contribution in [0.3, 0.4) is 0 Å². The van der Waals surface area contributed by atoms with Crippen molar-refractivity contribution < 1.29 is 19.1 Å². The highest BCUT2D eigenvalue weighted by Gasteiger charge is 2.25. The number of aromatic nitrogens is 2. The van der Waals surface area contributed by atoms with Crippen molar-refractivity contribution in [2.75, 3.05) is 30.9 Å². The van der Waals surface area contributed by atoms with Gasteiger partial charge in [0.15, 0.2) is 29.6 Å². The Labute approximate surface area is 192 Å². The number of hydrogen-bond donors (Lipinski definition) is 2. The summed E-state index contributed by atoms with van der Waals surface area (Å²) in [6.45, 7) is 7.30. The van der Waals surface area contributed by atoms with Gasteiger partial charge in [0.1, 0.15) is 5.82 Å². The molecule has 33 heavy (non-hydrogen) atoms. The number of H-pyrrole nitrogens is 1. The number of amides is 1. The summed E-state index contributed by atoms with van der Waals surface area (Å²) in [5.74, 6) is -0.125. The number of benzene rings is 1. The number of hydrogen-bond acceptors (Lipinski definition) is 7. The molecule has 0 bridgehead atoms. The van der Waals surface area contributed by atoms with Crippen LogP contribution in [0.5, 0.6) is 11.5 Å². The van der Waals surface area contributed by atoms with Gasteiger partial charge in [-0.05, 0) is 37.5 Å². The fourth-order valence-corrected chi connectivity index (χ4v) is 3.28. The smallest absolute Gasteiger partial charge is 0.330 e. The third-order valence-electron chi connectivity index (χ3n) is 4.99. The number of nitrogen functional groups attached to an aromatic ring is 1. The maximum absolute atomic E-state index is 13.2. The van der Waals surface area contributed by atoms with E-state index in [0.29, 0.717) is 24.3 Å². The average Bonchev–Trinajstić information content (AvgIpc) is 2.75. The van der Waals surface area contributed by atoms with Crippen LogP contribution in [0.25, 0.3) is 0 Å². The van der Waals surface area contributed by atoms with Gasteiger partial charge in [-0.15, -0.1) is 0 Å². The number of nitrogens with zero attached hydrogens (tertiary/aromatic N) is 2. The largest absolute Gasteiger partial charge is 0.493 e. The monoisotopic (exact) mass is 460 g/mol. The van der Waals surface area contributed by atoms with Crippen molar-refractivity contribution in [3.8, 4) is 11.5 Å². The summed E-state index contributed by atoms with van der Waals surface area (Å²) in [6, 6.07) is 4.64. The predicted octanol–water partition coefficient (Wildman–Crippen LogP) is 2.20. The summed E-state index contributed by atoms with van der Waals surface area (Å²) < 4.78 is 12.2. The highest BCUT2D eigenvalue weighted by molar-refractivity contribution is 5.97. The van der Waals surface area contributed by atoms with E-state index < -0.39 is 23.8 Å². The first-order valence-corrected chi connectivity index (χ1v) is 10.8. The summed E-state index contributed by atoms with van der Waals surface area (Å²) in [4.78, 5) is 53.2. The van der Waals surface area contributed by atoms with Gasteiger partial charge in [-0.25, -0.2) is 4.79 Å². The van der Waals surface area contributed by atoms with Gasteiger partial charge in [0.2, 0.25) is 0 Å². The molecule has 0 aliphatic rings. The normalized spacial score (nSPS) is 10.8. The number of ether oxygens (including phenoxy) is 2. The van der Waals surface area contributed by atoms with Crippen LogP contribution in [0.2, 0.25) is 0 Å². The standard InChI is InChI=1S/C23H32N4O6/c1-6-7-10-26-21(24)20(22(30)25-23(26)31)27(12-14(2)3)19(29)13-33-17-9-8-16(15(4)28)11-18(17)32-5/h8-9,11,14H,6-7,10,12-13,24H2,1-5H3,(H,25,30,31). The van der Waals surface area contributed by atoms with Crippen LogP contribution in [-0.2, 0) is 11.3 Å². The Morgan fingerprint density at radius 2 is 1.91 bits per heavy atom. The van der Waals surface area contributed by atoms with Gasteiger partial charge in [0, 0.05) is 18.7 Å². The van der Waals surface area contributed by atoms with Crippen molar-refractivity contribution in [3.05, 3.63) is 44.6 Å². The third-order valence-corrected chi connectivity index (χ3v) is 4.99. The summed E-state index contributed by atoms with van der Waals surface area (Å²) in [5, 5.41) is 0. The summed E-state index contributed by atoms with van der Waals surface area (Å²) in [5.41, 5.74) is 5.22. The Bertz CT molecular complexity index is 1120. The van der Waals surface area contributed by atoms with E-state index in [1.807, 2.05) is 20.8 Å². The number of methoxy groups -OCH3 is 1. The topological polar surface area (TPSA) is 137 Å². The van der Waals surface area contributed by atoms with Crippen LogP contribution in [0.15, 0.2) is 27.8 Å². The second-order valence-electron chi connectivity index (χ2n) is 8.11. The number of anilines is 2. The van der Waals surface area contributed by atoms with Crippen molar-refractivity contribution in [3.63, 3.8) is 0 Å². The summed E-state index contributed by atoms with van der Waals surface area (Å²) in [7, 11) is 1.43. The van der Waals surface area contributed by atoms with Gasteiger partial charge >= 0.3 is 5.69 Å². The quantitative estimate of drug-likeness (QED) is 0.491. The van der Waals surface area contributed by atoms with E-state index in [1.54, 1.807) is 12.1 Å². The highest BCUT2D eigenvalue weighted by Crippen LogP contribution is 2.28. The zero-order valence-electron chi connectivity index (χ0n) is 19.8. The Kier molecular flexibility index (Phi) is 8.84. The first-order valence-electron chi connectivity index (χ1n) is 10.8. The number of Topliss-reactive ketones (excluding diaryl/α,β-unsaturated/α-hetero) is 1. The Morgan fingerprint density at radius 1 is 1.21 bits per heavy atom. The Morgan fingerprint density at radius 3 is 2.48 bits per heavy atom. The molecule has 10 nitrogen and oxygen atoms in total. The third kappa shape index (κ3) is 6.24. The summed E-state index contributed by atoms with van der Waals surface area (Å²) >= 11 is 0.